The lowest BCUT2D eigenvalue weighted by Crippen LogP contribution is -2.60. The summed E-state index contributed by atoms with van der Waals surface area (Å²) in [6, 6.07) is 9.86. The second kappa shape index (κ2) is 6.19. The fourth-order valence-corrected chi connectivity index (χ4v) is 3.26. The zero-order valence-corrected chi connectivity index (χ0v) is 14.7. The minimum Gasteiger partial charge on any atom is -0.497 e. The van der Waals surface area contributed by atoms with E-state index in [0.29, 0.717) is 18.8 Å². The van der Waals surface area contributed by atoms with Gasteiger partial charge in [-0.2, -0.15) is 5.10 Å². The number of hydrogen-bond acceptors (Lipinski definition) is 4. The molecule has 1 amide bonds. The van der Waals surface area contributed by atoms with Crippen molar-refractivity contribution in [3.8, 4) is 5.75 Å². The van der Waals surface area contributed by atoms with Gasteiger partial charge in [-0.3, -0.25) is 9.89 Å². The van der Waals surface area contributed by atoms with Crippen LogP contribution in [0.4, 0.5) is 5.69 Å². The standard InChI is InChI=1S/C18H24N4O2/c1-13-11-16(20-19-13)17(23)21-9-10-22(18(2,3)12-21)14-5-7-15(24-4)8-6-14/h5-8,11H,9-10,12H2,1-4H3,(H,19,20). The van der Waals surface area contributed by atoms with E-state index in [9.17, 15) is 4.79 Å². The van der Waals surface area contributed by atoms with Crippen molar-refractivity contribution < 1.29 is 9.53 Å². The first-order chi connectivity index (χ1) is 11.4. The fourth-order valence-electron chi connectivity index (χ4n) is 3.26. The molecule has 1 aromatic carbocycles. The van der Waals surface area contributed by atoms with E-state index in [1.54, 1.807) is 13.2 Å². The Morgan fingerprint density at radius 3 is 2.50 bits per heavy atom. The molecule has 0 aliphatic carbocycles. The number of aryl methyl sites for hydroxylation is 1. The molecular weight excluding hydrogens is 304 g/mol. The number of aromatic nitrogens is 2. The van der Waals surface area contributed by atoms with Crippen LogP contribution in [0.1, 0.15) is 30.0 Å². The highest BCUT2D eigenvalue weighted by molar-refractivity contribution is 5.92. The normalized spacial score (nSPS) is 17.0. The minimum absolute atomic E-state index is 0.0122. The van der Waals surface area contributed by atoms with Crippen molar-refractivity contribution in [2.75, 3.05) is 31.6 Å². The number of piperazine rings is 1. The Bertz CT molecular complexity index is 721. The Hall–Kier alpha value is -2.50. The summed E-state index contributed by atoms with van der Waals surface area (Å²) < 4.78 is 5.23. The van der Waals surface area contributed by atoms with E-state index in [1.807, 2.05) is 24.0 Å². The molecule has 1 fully saturated rings. The van der Waals surface area contributed by atoms with Gasteiger partial charge in [0.15, 0.2) is 0 Å². The number of methoxy groups -OCH3 is 1. The Morgan fingerprint density at radius 1 is 1.25 bits per heavy atom. The van der Waals surface area contributed by atoms with E-state index in [2.05, 4.69) is 41.1 Å². The molecule has 1 aliphatic heterocycles. The summed E-state index contributed by atoms with van der Waals surface area (Å²) in [7, 11) is 1.67. The number of amides is 1. The van der Waals surface area contributed by atoms with Crippen molar-refractivity contribution in [3.05, 3.63) is 41.7 Å². The number of carbonyl (C=O) groups excluding carboxylic acids is 1. The third kappa shape index (κ3) is 3.09. The Morgan fingerprint density at radius 2 is 1.96 bits per heavy atom. The number of ether oxygens (including phenoxy) is 1. The molecule has 1 saturated heterocycles. The lowest BCUT2D eigenvalue weighted by molar-refractivity contribution is 0.0680. The maximum Gasteiger partial charge on any atom is 0.274 e. The molecule has 0 atom stereocenters. The molecule has 1 N–H and O–H groups in total. The molecule has 0 unspecified atom stereocenters. The van der Waals surface area contributed by atoms with Gasteiger partial charge in [-0.15, -0.1) is 0 Å². The SMILES string of the molecule is COc1ccc(N2CCN(C(=O)c3cc(C)[nH]n3)CC2(C)C)cc1. The zero-order chi connectivity index (χ0) is 17.3. The molecule has 128 valence electrons. The van der Waals surface area contributed by atoms with Crippen LogP contribution in [0, 0.1) is 6.92 Å². The van der Waals surface area contributed by atoms with Crippen LogP contribution in [0.25, 0.3) is 0 Å². The number of anilines is 1. The molecular formula is C18H24N4O2. The predicted octanol–water partition coefficient (Wildman–Crippen LogP) is 2.47. The van der Waals surface area contributed by atoms with Crippen molar-refractivity contribution >= 4 is 11.6 Å². The maximum absolute atomic E-state index is 12.6. The summed E-state index contributed by atoms with van der Waals surface area (Å²) in [5.74, 6) is 0.834. The van der Waals surface area contributed by atoms with Crippen molar-refractivity contribution in [1.82, 2.24) is 15.1 Å². The van der Waals surface area contributed by atoms with E-state index in [-0.39, 0.29) is 11.4 Å². The van der Waals surface area contributed by atoms with Gasteiger partial charge in [-0.25, -0.2) is 0 Å². The smallest absolute Gasteiger partial charge is 0.274 e. The predicted molar refractivity (Wildman–Crippen MR) is 93.6 cm³/mol. The average Bonchev–Trinajstić information content (AvgIpc) is 3.00. The van der Waals surface area contributed by atoms with Crippen LogP contribution in [-0.2, 0) is 0 Å². The lowest BCUT2D eigenvalue weighted by Gasteiger charge is -2.48. The highest BCUT2D eigenvalue weighted by atomic mass is 16.5. The maximum atomic E-state index is 12.6. The number of benzene rings is 1. The van der Waals surface area contributed by atoms with Crippen LogP contribution in [0.5, 0.6) is 5.75 Å². The molecule has 6 nitrogen and oxygen atoms in total. The summed E-state index contributed by atoms with van der Waals surface area (Å²) in [4.78, 5) is 16.9. The molecule has 0 radical (unpaired) electrons. The van der Waals surface area contributed by atoms with E-state index in [0.717, 1.165) is 23.7 Å². The number of carbonyl (C=O) groups is 1. The van der Waals surface area contributed by atoms with Crippen LogP contribution in [-0.4, -0.2) is 53.3 Å². The highest BCUT2D eigenvalue weighted by Gasteiger charge is 2.36. The van der Waals surface area contributed by atoms with Gasteiger partial charge in [0.25, 0.3) is 5.91 Å². The molecule has 2 aromatic rings. The van der Waals surface area contributed by atoms with Gasteiger partial charge in [-0.1, -0.05) is 0 Å². The molecule has 0 spiro atoms. The number of rotatable bonds is 3. The van der Waals surface area contributed by atoms with Crippen LogP contribution in [0.2, 0.25) is 0 Å². The molecule has 1 aromatic heterocycles. The topological polar surface area (TPSA) is 61.5 Å². The summed E-state index contributed by atoms with van der Waals surface area (Å²) >= 11 is 0. The summed E-state index contributed by atoms with van der Waals surface area (Å²) in [5, 5.41) is 6.93. The molecule has 2 heterocycles. The lowest BCUT2D eigenvalue weighted by atomic mass is 9.97. The average molecular weight is 328 g/mol. The molecule has 3 rings (SSSR count). The van der Waals surface area contributed by atoms with Gasteiger partial charge in [0.1, 0.15) is 11.4 Å². The molecule has 0 bridgehead atoms. The van der Waals surface area contributed by atoms with Crippen molar-refractivity contribution in [1.29, 1.82) is 0 Å². The van der Waals surface area contributed by atoms with Gasteiger partial charge in [0, 0.05) is 31.0 Å². The number of aromatic amines is 1. The van der Waals surface area contributed by atoms with Crippen LogP contribution in [0.3, 0.4) is 0 Å². The second-order valence-corrected chi connectivity index (χ2v) is 6.83. The Kier molecular flexibility index (Phi) is 4.22. The van der Waals surface area contributed by atoms with Crippen LogP contribution in [0.15, 0.2) is 30.3 Å². The van der Waals surface area contributed by atoms with E-state index in [1.165, 1.54) is 0 Å². The minimum atomic E-state index is -0.159. The molecule has 24 heavy (non-hydrogen) atoms. The van der Waals surface area contributed by atoms with Gasteiger partial charge in [0.05, 0.1) is 12.6 Å². The van der Waals surface area contributed by atoms with E-state index >= 15 is 0 Å². The first kappa shape index (κ1) is 16.4. The van der Waals surface area contributed by atoms with E-state index in [4.69, 9.17) is 4.74 Å². The highest BCUT2D eigenvalue weighted by Crippen LogP contribution is 2.29. The number of nitrogens with one attached hydrogen (secondary N) is 1. The molecule has 6 heteroatoms. The largest absolute Gasteiger partial charge is 0.497 e. The van der Waals surface area contributed by atoms with Crippen LogP contribution >= 0.6 is 0 Å². The van der Waals surface area contributed by atoms with Crippen molar-refractivity contribution in [2.24, 2.45) is 0 Å². The van der Waals surface area contributed by atoms with Crippen molar-refractivity contribution in [3.63, 3.8) is 0 Å². The zero-order valence-electron chi connectivity index (χ0n) is 14.7. The van der Waals surface area contributed by atoms with E-state index < -0.39 is 0 Å². The van der Waals surface area contributed by atoms with Gasteiger partial charge in [-0.05, 0) is 51.1 Å². The van der Waals surface area contributed by atoms with Gasteiger partial charge < -0.3 is 14.5 Å². The number of hydrogen-bond donors (Lipinski definition) is 1. The van der Waals surface area contributed by atoms with Crippen LogP contribution < -0.4 is 9.64 Å². The second-order valence-electron chi connectivity index (χ2n) is 6.83. The third-order valence-corrected chi connectivity index (χ3v) is 4.50. The molecule has 1 aliphatic rings. The summed E-state index contributed by atoms with van der Waals surface area (Å²) in [6.45, 7) is 8.34. The Balaban J connectivity index is 1.75. The monoisotopic (exact) mass is 328 g/mol. The fraction of sp³-hybridized carbons (Fsp3) is 0.444. The number of H-pyrrole nitrogens is 1. The number of nitrogens with zero attached hydrogens (tertiary/aromatic N) is 3. The Labute approximate surface area is 142 Å². The van der Waals surface area contributed by atoms with Gasteiger partial charge >= 0.3 is 0 Å². The summed E-state index contributed by atoms with van der Waals surface area (Å²) in [5.41, 5.74) is 2.37. The van der Waals surface area contributed by atoms with Crippen molar-refractivity contribution in [2.45, 2.75) is 26.3 Å². The quantitative estimate of drug-likeness (QED) is 0.940. The first-order valence-electron chi connectivity index (χ1n) is 8.14. The summed E-state index contributed by atoms with van der Waals surface area (Å²) in [6.07, 6.45) is 0. The third-order valence-electron chi connectivity index (χ3n) is 4.50. The van der Waals surface area contributed by atoms with Gasteiger partial charge in [0.2, 0.25) is 0 Å². The molecule has 0 saturated carbocycles. The first-order valence-corrected chi connectivity index (χ1v) is 8.14.